The van der Waals surface area contributed by atoms with Crippen molar-refractivity contribution in [3.63, 3.8) is 0 Å². The molecule has 0 aliphatic carbocycles. The monoisotopic (exact) mass is 672 g/mol. The Morgan fingerprint density at radius 2 is 1.44 bits per heavy atom. The van der Waals surface area contributed by atoms with E-state index in [1.807, 2.05) is 68.4 Å². The minimum atomic E-state index is -3.94. The molecule has 0 aliphatic heterocycles. The quantitative estimate of drug-likeness (QED) is 0.158. The lowest BCUT2D eigenvalue weighted by Gasteiger charge is -2.29. The van der Waals surface area contributed by atoms with Crippen molar-refractivity contribution in [2.24, 2.45) is 0 Å². The summed E-state index contributed by atoms with van der Waals surface area (Å²) in [6.45, 7) is 9.49. The zero-order valence-corrected chi connectivity index (χ0v) is 28.9. The number of carbonyl (C=O) groups excluding carboxylic acids is 2. The zero-order chi connectivity index (χ0) is 34.9. The Balaban J connectivity index is 1.47. The second-order valence-electron chi connectivity index (χ2n) is 12.9. The van der Waals surface area contributed by atoms with Crippen LogP contribution in [0, 0.1) is 0 Å². The van der Waals surface area contributed by atoms with Gasteiger partial charge in [0.2, 0.25) is 10.0 Å². The Morgan fingerprint density at radius 3 is 2.04 bits per heavy atom. The molecule has 0 fully saturated rings. The number of nitrogens with one attached hydrogen (secondary N) is 1. The number of sulfonamides is 1. The molecule has 4 aromatic carbocycles. The molecule has 4 rings (SSSR count). The lowest BCUT2D eigenvalue weighted by molar-refractivity contribution is 0.0147. The average Bonchev–Trinajstić information content (AvgIpc) is 3.02. The molecule has 4 aromatic rings. The van der Waals surface area contributed by atoms with Crippen molar-refractivity contribution in [3.8, 4) is 16.9 Å². The summed E-state index contributed by atoms with van der Waals surface area (Å²) in [6, 6.07) is 30.6. The largest absolute Gasteiger partial charge is 0.490 e. The van der Waals surface area contributed by atoms with Gasteiger partial charge in [0.25, 0.3) is 5.91 Å². The molecule has 0 aromatic heterocycles. The van der Waals surface area contributed by atoms with E-state index >= 15 is 0 Å². The minimum absolute atomic E-state index is 0.0864. The standard InChI is InChI=1S/C38H44N2O7S/c1-27(2)46-35-24-32(20-21-33(35)36(42)39-48(44,45)26-29-12-8-6-9-13-29)30-18-16-28(17-19-30)22-23-40(37(43)47-38(3,4)5)25-34(41)31-14-10-7-11-15-31/h6-21,24,27,34,41H,22-23,25-26H2,1-5H3,(H,39,42)/t34-/m0/s1. The molecule has 0 spiro atoms. The Hall–Kier alpha value is -4.67. The SMILES string of the molecule is CC(C)Oc1cc(-c2ccc(CCN(C[C@H](O)c3ccccc3)C(=O)OC(C)(C)C)cc2)ccc1C(=O)NS(=O)(=O)Cc1ccccc1. The second-order valence-corrected chi connectivity index (χ2v) is 14.6. The van der Waals surface area contributed by atoms with Crippen LogP contribution in [0.1, 0.15) is 67.8 Å². The Labute approximate surface area is 283 Å². The molecule has 0 radical (unpaired) electrons. The summed E-state index contributed by atoms with van der Waals surface area (Å²) in [5, 5.41) is 10.8. The normalized spacial score (nSPS) is 12.3. The van der Waals surface area contributed by atoms with Crippen LogP contribution in [-0.4, -0.2) is 55.2 Å². The molecule has 2 N–H and O–H groups in total. The van der Waals surface area contributed by atoms with Gasteiger partial charge in [-0.1, -0.05) is 91.0 Å². The molecule has 0 saturated carbocycles. The highest BCUT2D eigenvalue weighted by Crippen LogP contribution is 2.29. The van der Waals surface area contributed by atoms with Gasteiger partial charge >= 0.3 is 6.09 Å². The maximum atomic E-state index is 13.1. The molecule has 0 heterocycles. The number of benzene rings is 4. The number of ether oxygens (including phenoxy) is 2. The topological polar surface area (TPSA) is 122 Å². The van der Waals surface area contributed by atoms with Gasteiger partial charge in [0, 0.05) is 6.54 Å². The third-order valence-electron chi connectivity index (χ3n) is 7.22. The van der Waals surface area contributed by atoms with Gasteiger partial charge in [0.1, 0.15) is 11.4 Å². The van der Waals surface area contributed by atoms with E-state index in [1.54, 1.807) is 69.3 Å². The maximum absolute atomic E-state index is 13.1. The van der Waals surface area contributed by atoms with Gasteiger partial charge in [0.05, 0.1) is 30.1 Å². The number of rotatable bonds is 13. The van der Waals surface area contributed by atoms with E-state index in [9.17, 15) is 23.1 Å². The van der Waals surface area contributed by atoms with Crippen LogP contribution in [-0.2, 0) is 26.9 Å². The molecule has 1 atom stereocenters. The number of nitrogens with zero attached hydrogens (tertiary/aromatic N) is 1. The lowest BCUT2D eigenvalue weighted by atomic mass is 10.0. The van der Waals surface area contributed by atoms with Gasteiger partial charge < -0.3 is 19.5 Å². The van der Waals surface area contributed by atoms with Crippen LogP contribution in [0.4, 0.5) is 4.79 Å². The van der Waals surface area contributed by atoms with Crippen LogP contribution in [0.25, 0.3) is 11.1 Å². The molecule has 0 unspecified atom stereocenters. The van der Waals surface area contributed by atoms with E-state index < -0.39 is 33.7 Å². The third kappa shape index (κ3) is 11.0. The molecular formula is C38H44N2O7S. The number of carbonyl (C=O) groups is 2. The van der Waals surface area contributed by atoms with Crippen LogP contribution < -0.4 is 9.46 Å². The fourth-order valence-electron chi connectivity index (χ4n) is 4.97. The van der Waals surface area contributed by atoms with E-state index in [4.69, 9.17) is 9.47 Å². The first-order valence-electron chi connectivity index (χ1n) is 15.9. The smallest absolute Gasteiger partial charge is 0.410 e. The third-order valence-corrected chi connectivity index (χ3v) is 8.43. The fraction of sp³-hybridized carbons (Fsp3) is 0.316. The predicted molar refractivity (Wildman–Crippen MR) is 187 cm³/mol. The van der Waals surface area contributed by atoms with E-state index in [-0.39, 0.29) is 29.7 Å². The first kappa shape index (κ1) is 36.2. The maximum Gasteiger partial charge on any atom is 0.410 e. The van der Waals surface area contributed by atoms with E-state index in [0.29, 0.717) is 24.1 Å². The molecule has 0 aliphatic rings. The van der Waals surface area contributed by atoms with E-state index in [1.165, 1.54) is 4.90 Å². The van der Waals surface area contributed by atoms with Crippen LogP contribution in [0.2, 0.25) is 0 Å². The van der Waals surface area contributed by atoms with Crippen LogP contribution in [0.5, 0.6) is 5.75 Å². The Kier molecular flexibility index (Phi) is 12.0. The summed E-state index contributed by atoms with van der Waals surface area (Å²) in [4.78, 5) is 27.7. The van der Waals surface area contributed by atoms with Gasteiger partial charge in [-0.15, -0.1) is 0 Å². The summed E-state index contributed by atoms with van der Waals surface area (Å²) in [5.74, 6) is -0.826. The number of hydrogen-bond donors (Lipinski definition) is 2. The Morgan fingerprint density at radius 1 is 0.833 bits per heavy atom. The van der Waals surface area contributed by atoms with Gasteiger partial charge in [-0.2, -0.15) is 0 Å². The van der Waals surface area contributed by atoms with Crippen molar-refractivity contribution in [1.29, 1.82) is 0 Å². The highest BCUT2D eigenvalue weighted by molar-refractivity contribution is 7.89. The molecule has 0 saturated heterocycles. The number of aliphatic hydroxyl groups is 1. The number of amides is 2. The summed E-state index contributed by atoms with van der Waals surface area (Å²) in [7, 11) is -3.94. The van der Waals surface area contributed by atoms with Crippen LogP contribution >= 0.6 is 0 Å². The summed E-state index contributed by atoms with van der Waals surface area (Å²) >= 11 is 0. The number of aliphatic hydroxyl groups excluding tert-OH is 1. The molecule has 10 heteroatoms. The average molecular weight is 673 g/mol. The summed E-state index contributed by atoms with van der Waals surface area (Å²) in [6.07, 6.45) is -1.09. The van der Waals surface area contributed by atoms with Crippen molar-refractivity contribution in [2.75, 3.05) is 13.1 Å². The molecule has 48 heavy (non-hydrogen) atoms. The predicted octanol–water partition coefficient (Wildman–Crippen LogP) is 6.91. The molecule has 0 bridgehead atoms. The van der Waals surface area contributed by atoms with Gasteiger partial charge in [-0.25, -0.2) is 17.9 Å². The molecular weight excluding hydrogens is 628 g/mol. The van der Waals surface area contributed by atoms with Gasteiger partial charge in [0.15, 0.2) is 0 Å². The lowest BCUT2D eigenvalue weighted by Crippen LogP contribution is -2.40. The first-order chi connectivity index (χ1) is 22.7. The fourth-order valence-corrected chi connectivity index (χ4v) is 6.06. The van der Waals surface area contributed by atoms with Crippen LogP contribution in [0.15, 0.2) is 103 Å². The highest BCUT2D eigenvalue weighted by Gasteiger charge is 2.25. The number of hydrogen-bond acceptors (Lipinski definition) is 7. The van der Waals surface area contributed by atoms with Crippen molar-refractivity contribution in [3.05, 3.63) is 125 Å². The minimum Gasteiger partial charge on any atom is -0.490 e. The zero-order valence-electron chi connectivity index (χ0n) is 28.1. The van der Waals surface area contributed by atoms with E-state index in [0.717, 1.165) is 16.7 Å². The van der Waals surface area contributed by atoms with E-state index in [2.05, 4.69) is 4.72 Å². The highest BCUT2D eigenvalue weighted by atomic mass is 32.2. The van der Waals surface area contributed by atoms with Crippen molar-refractivity contribution < 1.29 is 32.6 Å². The molecule has 254 valence electrons. The van der Waals surface area contributed by atoms with Crippen molar-refractivity contribution in [1.82, 2.24) is 9.62 Å². The molecule has 2 amide bonds. The van der Waals surface area contributed by atoms with Gasteiger partial charge in [-0.3, -0.25) is 4.79 Å². The second kappa shape index (κ2) is 16.0. The van der Waals surface area contributed by atoms with Crippen molar-refractivity contribution in [2.45, 2.75) is 64.6 Å². The summed E-state index contributed by atoms with van der Waals surface area (Å²) < 4.78 is 39.2. The first-order valence-corrected chi connectivity index (χ1v) is 17.5. The molecule has 9 nitrogen and oxygen atoms in total. The van der Waals surface area contributed by atoms with Crippen LogP contribution in [0.3, 0.4) is 0 Å². The van der Waals surface area contributed by atoms with Gasteiger partial charge in [-0.05, 0) is 81.0 Å². The Bertz CT molecular complexity index is 1770. The summed E-state index contributed by atoms with van der Waals surface area (Å²) in [5.41, 5.74) is 3.33. The van der Waals surface area contributed by atoms with Crippen molar-refractivity contribution >= 4 is 22.0 Å².